The molecule has 0 aromatic heterocycles. The molecule has 0 amide bonds. The number of hydrogen-bond acceptors (Lipinski definition) is 2. The molecule has 0 heterocycles. The lowest BCUT2D eigenvalue weighted by atomic mass is 9.54. The van der Waals surface area contributed by atoms with E-state index in [9.17, 15) is 4.79 Å². The van der Waals surface area contributed by atoms with Gasteiger partial charge in [0.1, 0.15) is 0 Å². The Kier molecular flexibility index (Phi) is 3.35. The summed E-state index contributed by atoms with van der Waals surface area (Å²) in [5, 5.41) is 12.5. The summed E-state index contributed by atoms with van der Waals surface area (Å²) in [5.74, 6) is 3.12. The van der Waals surface area contributed by atoms with Gasteiger partial charge in [0.25, 0.3) is 0 Å². The molecule has 3 heteroatoms. The van der Waals surface area contributed by atoms with Crippen LogP contribution in [-0.2, 0) is 4.79 Å². The number of carboxylic acid groups (broad SMARTS) is 1. The topological polar surface area (TPSA) is 49.3 Å². The zero-order chi connectivity index (χ0) is 12.7. The monoisotopic (exact) mass is 251 g/mol. The van der Waals surface area contributed by atoms with Crippen molar-refractivity contribution in [2.45, 2.75) is 64.0 Å². The van der Waals surface area contributed by atoms with Crippen LogP contribution >= 0.6 is 0 Å². The maximum atomic E-state index is 10.6. The summed E-state index contributed by atoms with van der Waals surface area (Å²) in [6.07, 6.45) is 8.26. The minimum Gasteiger partial charge on any atom is -0.481 e. The third-order valence-corrected chi connectivity index (χ3v) is 5.49. The Bertz CT molecular complexity index is 300. The first-order valence-electron chi connectivity index (χ1n) is 7.59. The minimum absolute atomic E-state index is 0.293. The van der Waals surface area contributed by atoms with Crippen molar-refractivity contribution >= 4 is 5.97 Å². The molecule has 0 aliphatic heterocycles. The zero-order valence-corrected chi connectivity index (χ0v) is 11.3. The van der Waals surface area contributed by atoms with E-state index in [0.29, 0.717) is 18.5 Å². The third-order valence-electron chi connectivity index (χ3n) is 5.49. The van der Waals surface area contributed by atoms with E-state index in [0.717, 1.165) is 30.1 Å². The molecular weight excluding hydrogens is 226 g/mol. The molecule has 4 saturated carbocycles. The Morgan fingerprint density at radius 2 is 1.72 bits per heavy atom. The molecule has 4 bridgehead atoms. The standard InChI is InChI=1S/C15H25NO2/c1-9(2-3-14(17)18)16-15-12-5-10-4-11(7-12)8-13(15)6-10/h9-13,15-16H,2-8H2,1H3,(H,17,18). The Morgan fingerprint density at radius 1 is 1.17 bits per heavy atom. The molecule has 1 atom stereocenters. The van der Waals surface area contributed by atoms with Crippen molar-refractivity contribution in [2.75, 3.05) is 0 Å². The average molecular weight is 251 g/mol. The van der Waals surface area contributed by atoms with Crippen LogP contribution < -0.4 is 5.32 Å². The van der Waals surface area contributed by atoms with Gasteiger partial charge in [0, 0.05) is 18.5 Å². The largest absolute Gasteiger partial charge is 0.481 e. The van der Waals surface area contributed by atoms with Crippen LogP contribution in [0.15, 0.2) is 0 Å². The highest BCUT2D eigenvalue weighted by Crippen LogP contribution is 2.53. The second-order valence-electron chi connectivity index (χ2n) is 6.96. The molecular formula is C15H25NO2. The summed E-state index contributed by atoms with van der Waals surface area (Å²) >= 11 is 0. The summed E-state index contributed by atoms with van der Waals surface area (Å²) in [6.45, 7) is 2.15. The highest BCUT2D eigenvalue weighted by Gasteiger charge is 2.48. The molecule has 4 rings (SSSR count). The van der Waals surface area contributed by atoms with E-state index in [2.05, 4.69) is 12.2 Å². The van der Waals surface area contributed by atoms with Gasteiger partial charge in [0.15, 0.2) is 0 Å². The molecule has 4 aliphatic carbocycles. The number of carboxylic acids is 1. The van der Waals surface area contributed by atoms with Crippen LogP contribution in [0.5, 0.6) is 0 Å². The Balaban J connectivity index is 1.55. The molecule has 1 unspecified atom stereocenters. The highest BCUT2D eigenvalue weighted by molar-refractivity contribution is 5.66. The van der Waals surface area contributed by atoms with Crippen molar-refractivity contribution in [3.63, 3.8) is 0 Å². The first-order chi connectivity index (χ1) is 8.61. The molecule has 0 spiro atoms. The molecule has 0 radical (unpaired) electrons. The quantitative estimate of drug-likeness (QED) is 0.789. The Hall–Kier alpha value is -0.570. The van der Waals surface area contributed by atoms with Crippen LogP contribution in [0.25, 0.3) is 0 Å². The summed E-state index contributed by atoms with van der Waals surface area (Å²) in [6, 6.07) is 1.03. The van der Waals surface area contributed by atoms with Gasteiger partial charge in [-0.05, 0) is 69.1 Å². The van der Waals surface area contributed by atoms with Crippen LogP contribution in [0, 0.1) is 23.7 Å². The van der Waals surface area contributed by atoms with Gasteiger partial charge in [0.05, 0.1) is 0 Å². The van der Waals surface area contributed by atoms with Crippen molar-refractivity contribution < 1.29 is 9.90 Å². The van der Waals surface area contributed by atoms with E-state index in [4.69, 9.17) is 5.11 Å². The first kappa shape index (κ1) is 12.5. The van der Waals surface area contributed by atoms with Gasteiger partial charge < -0.3 is 10.4 Å². The third kappa shape index (κ3) is 2.42. The average Bonchev–Trinajstić information content (AvgIpc) is 2.30. The van der Waals surface area contributed by atoms with Crippen molar-refractivity contribution in [1.29, 1.82) is 0 Å². The molecule has 4 fully saturated rings. The van der Waals surface area contributed by atoms with Crippen molar-refractivity contribution in [2.24, 2.45) is 23.7 Å². The van der Waals surface area contributed by atoms with Crippen molar-refractivity contribution in [1.82, 2.24) is 5.32 Å². The molecule has 102 valence electrons. The van der Waals surface area contributed by atoms with Crippen molar-refractivity contribution in [3.8, 4) is 0 Å². The second kappa shape index (κ2) is 4.84. The molecule has 2 N–H and O–H groups in total. The highest BCUT2D eigenvalue weighted by atomic mass is 16.4. The lowest BCUT2D eigenvalue weighted by Gasteiger charge is -2.55. The van der Waals surface area contributed by atoms with Crippen LogP contribution in [0.2, 0.25) is 0 Å². The number of carbonyl (C=O) groups is 1. The summed E-state index contributed by atoms with van der Waals surface area (Å²) in [7, 11) is 0. The normalized spacial score (nSPS) is 43.1. The van der Waals surface area contributed by atoms with Gasteiger partial charge in [0.2, 0.25) is 0 Å². The smallest absolute Gasteiger partial charge is 0.303 e. The van der Waals surface area contributed by atoms with Gasteiger partial charge in [-0.1, -0.05) is 0 Å². The summed E-state index contributed by atoms with van der Waals surface area (Å²) in [5.41, 5.74) is 0. The van der Waals surface area contributed by atoms with E-state index < -0.39 is 5.97 Å². The number of aliphatic carboxylic acids is 1. The predicted molar refractivity (Wildman–Crippen MR) is 70.3 cm³/mol. The van der Waals surface area contributed by atoms with Crippen LogP contribution in [0.4, 0.5) is 0 Å². The van der Waals surface area contributed by atoms with Crippen LogP contribution in [0.3, 0.4) is 0 Å². The number of rotatable bonds is 5. The maximum absolute atomic E-state index is 10.6. The zero-order valence-electron chi connectivity index (χ0n) is 11.3. The lowest BCUT2D eigenvalue weighted by molar-refractivity contribution is -0.137. The van der Waals surface area contributed by atoms with Gasteiger partial charge in [-0.2, -0.15) is 0 Å². The fraction of sp³-hybridized carbons (Fsp3) is 0.933. The molecule has 0 saturated heterocycles. The van der Waals surface area contributed by atoms with E-state index >= 15 is 0 Å². The predicted octanol–water partition coefficient (Wildman–Crippen LogP) is 2.65. The fourth-order valence-electron chi connectivity index (χ4n) is 4.95. The molecule has 0 aromatic carbocycles. The molecule has 18 heavy (non-hydrogen) atoms. The van der Waals surface area contributed by atoms with E-state index in [-0.39, 0.29) is 0 Å². The summed E-state index contributed by atoms with van der Waals surface area (Å²) < 4.78 is 0. The van der Waals surface area contributed by atoms with E-state index in [1.807, 2.05) is 0 Å². The van der Waals surface area contributed by atoms with Crippen molar-refractivity contribution in [3.05, 3.63) is 0 Å². The Morgan fingerprint density at radius 3 is 2.22 bits per heavy atom. The van der Waals surface area contributed by atoms with E-state index in [1.165, 1.54) is 32.1 Å². The Labute approximate surface area is 109 Å². The minimum atomic E-state index is -0.672. The van der Waals surface area contributed by atoms with E-state index in [1.54, 1.807) is 0 Å². The van der Waals surface area contributed by atoms with Gasteiger partial charge in [-0.25, -0.2) is 0 Å². The van der Waals surface area contributed by atoms with Crippen LogP contribution in [-0.4, -0.2) is 23.2 Å². The molecule has 3 nitrogen and oxygen atoms in total. The number of hydrogen-bond donors (Lipinski definition) is 2. The van der Waals surface area contributed by atoms with Gasteiger partial charge in [-0.3, -0.25) is 4.79 Å². The van der Waals surface area contributed by atoms with Gasteiger partial charge in [-0.15, -0.1) is 0 Å². The van der Waals surface area contributed by atoms with Crippen LogP contribution in [0.1, 0.15) is 51.9 Å². The lowest BCUT2D eigenvalue weighted by Crippen LogP contribution is -2.56. The van der Waals surface area contributed by atoms with Gasteiger partial charge >= 0.3 is 5.97 Å². The fourth-order valence-corrected chi connectivity index (χ4v) is 4.95. The molecule has 4 aliphatic rings. The first-order valence-corrected chi connectivity index (χ1v) is 7.59. The maximum Gasteiger partial charge on any atom is 0.303 e. The summed E-state index contributed by atoms with van der Waals surface area (Å²) in [4.78, 5) is 10.6. The second-order valence-corrected chi connectivity index (χ2v) is 6.96. The number of nitrogens with one attached hydrogen (secondary N) is 1. The SMILES string of the molecule is CC(CCC(=O)O)NC1C2CC3CC(C2)CC1C3. The molecule has 0 aromatic rings.